The summed E-state index contributed by atoms with van der Waals surface area (Å²) in [6, 6.07) is 5.28. The topological polar surface area (TPSA) is 45.6 Å². The molecule has 12 heavy (non-hydrogen) atoms. The molecule has 0 spiro atoms. The van der Waals surface area contributed by atoms with Crippen LogP contribution in [0.4, 0.5) is 11.6 Å². The first-order valence-corrected chi connectivity index (χ1v) is 3.46. The monoisotopic (exact) mass is 163 g/mol. The van der Waals surface area contributed by atoms with Crippen molar-refractivity contribution in [3.05, 3.63) is 18.2 Å². The number of pyridine rings is 1. The number of hydrogen-bond acceptors (Lipinski definition) is 4. The van der Waals surface area contributed by atoms with Gasteiger partial charge in [-0.1, -0.05) is 6.07 Å². The van der Waals surface area contributed by atoms with E-state index in [2.05, 4.69) is 9.98 Å². The summed E-state index contributed by atoms with van der Waals surface area (Å²) in [5.74, 6) is 1.16. The Morgan fingerprint density at radius 2 is 2.25 bits per heavy atom. The number of hydrogen-bond donors (Lipinski definition) is 0. The lowest BCUT2D eigenvalue weighted by atomic mass is 10.4. The van der Waals surface area contributed by atoms with E-state index in [0.29, 0.717) is 5.82 Å². The normalized spacial score (nSPS) is 8.83. The number of anilines is 1. The predicted octanol–water partition coefficient (Wildman–Crippen LogP) is 1.11. The van der Waals surface area contributed by atoms with Gasteiger partial charge in [0, 0.05) is 14.1 Å². The fourth-order valence-corrected chi connectivity index (χ4v) is 0.770. The Morgan fingerprint density at radius 1 is 1.50 bits per heavy atom. The Morgan fingerprint density at radius 3 is 2.83 bits per heavy atom. The maximum atomic E-state index is 9.91. The third-order valence-electron chi connectivity index (χ3n) is 1.34. The molecule has 1 aromatic rings. The Bertz CT molecular complexity index is 316. The summed E-state index contributed by atoms with van der Waals surface area (Å²) in [6.07, 6.45) is 1.44. The molecule has 0 amide bonds. The molecule has 0 fully saturated rings. The minimum atomic E-state index is 0.385. The summed E-state index contributed by atoms with van der Waals surface area (Å²) in [6.45, 7) is 0. The van der Waals surface area contributed by atoms with Crippen molar-refractivity contribution in [2.75, 3.05) is 19.0 Å². The number of carbonyl (C=O) groups excluding carboxylic acids is 1. The average Bonchev–Trinajstić information content (AvgIpc) is 2.05. The van der Waals surface area contributed by atoms with Gasteiger partial charge in [0.15, 0.2) is 5.82 Å². The van der Waals surface area contributed by atoms with E-state index < -0.39 is 0 Å². The van der Waals surface area contributed by atoms with E-state index in [4.69, 9.17) is 0 Å². The van der Waals surface area contributed by atoms with Crippen LogP contribution in [0.25, 0.3) is 0 Å². The molecular weight excluding hydrogens is 154 g/mol. The molecule has 0 aliphatic heterocycles. The highest BCUT2D eigenvalue weighted by molar-refractivity contribution is 5.48. The van der Waals surface area contributed by atoms with Crippen molar-refractivity contribution in [3.8, 4) is 0 Å². The zero-order valence-electron chi connectivity index (χ0n) is 6.98. The maximum Gasteiger partial charge on any atom is 0.242 e. The van der Waals surface area contributed by atoms with Gasteiger partial charge in [0.05, 0.1) is 0 Å². The maximum absolute atomic E-state index is 9.91. The summed E-state index contributed by atoms with van der Waals surface area (Å²) >= 11 is 0. The van der Waals surface area contributed by atoms with E-state index >= 15 is 0 Å². The van der Waals surface area contributed by atoms with Crippen molar-refractivity contribution in [1.29, 1.82) is 0 Å². The number of isocyanates is 1. The van der Waals surface area contributed by atoms with Gasteiger partial charge >= 0.3 is 0 Å². The molecule has 0 unspecified atom stereocenters. The molecule has 1 rings (SSSR count). The summed E-state index contributed by atoms with van der Waals surface area (Å²) in [5.41, 5.74) is 0. The smallest absolute Gasteiger partial charge is 0.242 e. The number of aliphatic imine (C=N–C) groups is 1. The van der Waals surface area contributed by atoms with Crippen molar-refractivity contribution < 1.29 is 4.79 Å². The Kier molecular flexibility index (Phi) is 2.56. The molecule has 0 saturated heterocycles. The van der Waals surface area contributed by atoms with Crippen LogP contribution in [-0.4, -0.2) is 25.2 Å². The lowest BCUT2D eigenvalue weighted by molar-refractivity contribution is 0.565. The van der Waals surface area contributed by atoms with Crippen LogP contribution in [0.5, 0.6) is 0 Å². The molecule has 1 aromatic heterocycles. The van der Waals surface area contributed by atoms with Crippen molar-refractivity contribution in [1.82, 2.24) is 4.98 Å². The van der Waals surface area contributed by atoms with Crippen molar-refractivity contribution in [2.45, 2.75) is 0 Å². The molecule has 4 heteroatoms. The minimum Gasteiger partial charge on any atom is -0.363 e. The Balaban J connectivity index is 3.03. The average molecular weight is 163 g/mol. The molecule has 1 heterocycles. The summed E-state index contributed by atoms with van der Waals surface area (Å²) < 4.78 is 0. The standard InChI is InChI=1S/C8H9N3O/c1-11(2)8-5-3-4-7(10-8)9-6-12/h3-5H,1-2H3. The van der Waals surface area contributed by atoms with Crippen LogP contribution in [0.15, 0.2) is 23.2 Å². The van der Waals surface area contributed by atoms with E-state index in [1.165, 1.54) is 6.08 Å². The molecular formula is C8H9N3O. The van der Waals surface area contributed by atoms with Gasteiger partial charge in [-0.25, -0.2) is 9.78 Å². The molecule has 0 aliphatic carbocycles. The molecule has 0 radical (unpaired) electrons. The molecule has 0 N–H and O–H groups in total. The molecule has 0 saturated carbocycles. The highest BCUT2D eigenvalue weighted by Crippen LogP contribution is 2.12. The van der Waals surface area contributed by atoms with Crippen LogP contribution >= 0.6 is 0 Å². The van der Waals surface area contributed by atoms with E-state index in [9.17, 15) is 4.79 Å². The van der Waals surface area contributed by atoms with E-state index in [-0.39, 0.29) is 0 Å². The summed E-state index contributed by atoms with van der Waals surface area (Å²) in [7, 11) is 3.74. The third-order valence-corrected chi connectivity index (χ3v) is 1.34. The van der Waals surface area contributed by atoms with Gasteiger partial charge in [0.25, 0.3) is 0 Å². The van der Waals surface area contributed by atoms with Crippen LogP contribution in [0, 0.1) is 0 Å². The lowest BCUT2D eigenvalue weighted by Gasteiger charge is -2.09. The zero-order valence-corrected chi connectivity index (χ0v) is 6.98. The van der Waals surface area contributed by atoms with Gasteiger partial charge in [-0.15, -0.1) is 4.99 Å². The van der Waals surface area contributed by atoms with Gasteiger partial charge in [-0.2, -0.15) is 0 Å². The summed E-state index contributed by atoms with van der Waals surface area (Å²) in [5, 5.41) is 0. The van der Waals surface area contributed by atoms with Crippen molar-refractivity contribution in [2.24, 2.45) is 4.99 Å². The molecule has 62 valence electrons. The number of nitrogens with zero attached hydrogens (tertiary/aromatic N) is 3. The molecule has 0 atom stereocenters. The lowest BCUT2D eigenvalue weighted by Crippen LogP contribution is -2.09. The molecule has 4 nitrogen and oxygen atoms in total. The van der Waals surface area contributed by atoms with E-state index in [1.54, 1.807) is 12.1 Å². The third kappa shape index (κ3) is 1.90. The van der Waals surface area contributed by atoms with Gasteiger partial charge in [0.1, 0.15) is 5.82 Å². The molecule has 0 bridgehead atoms. The van der Waals surface area contributed by atoms with Crippen LogP contribution in [0.2, 0.25) is 0 Å². The van der Waals surface area contributed by atoms with Gasteiger partial charge in [-0.05, 0) is 12.1 Å². The molecule has 0 aliphatic rings. The van der Waals surface area contributed by atoms with Gasteiger partial charge < -0.3 is 4.90 Å². The number of rotatable bonds is 2. The second kappa shape index (κ2) is 3.64. The second-order valence-corrected chi connectivity index (χ2v) is 2.45. The number of aromatic nitrogens is 1. The fourth-order valence-electron chi connectivity index (χ4n) is 0.770. The highest BCUT2D eigenvalue weighted by Gasteiger charge is 1.96. The van der Waals surface area contributed by atoms with Gasteiger partial charge in [-0.3, -0.25) is 0 Å². The van der Waals surface area contributed by atoms with Crippen molar-refractivity contribution >= 4 is 17.7 Å². The minimum absolute atomic E-state index is 0.385. The van der Waals surface area contributed by atoms with Crippen LogP contribution in [-0.2, 0) is 4.79 Å². The van der Waals surface area contributed by atoms with Crippen LogP contribution in [0.1, 0.15) is 0 Å². The highest BCUT2D eigenvalue weighted by atomic mass is 16.1. The van der Waals surface area contributed by atoms with Crippen LogP contribution < -0.4 is 4.90 Å². The Hall–Kier alpha value is -1.67. The largest absolute Gasteiger partial charge is 0.363 e. The molecule has 0 aromatic carbocycles. The van der Waals surface area contributed by atoms with E-state index in [1.807, 2.05) is 25.1 Å². The van der Waals surface area contributed by atoms with Crippen LogP contribution in [0.3, 0.4) is 0 Å². The zero-order chi connectivity index (χ0) is 8.97. The second-order valence-electron chi connectivity index (χ2n) is 2.45. The first-order valence-electron chi connectivity index (χ1n) is 3.46. The first-order chi connectivity index (χ1) is 5.74. The Labute approximate surface area is 70.6 Å². The fraction of sp³-hybridized carbons (Fsp3) is 0.250. The van der Waals surface area contributed by atoms with Gasteiger partial charge in [0.2, 0.25) is 6.08 Å². The summed E-state index contributed by atoms with van der Waals surface area (Å²) in [4.78, 5) is 19.2. The predicted molar refractivity (Wildman–Crippen MR) is 46.3 cm³/mol. The quantitative estimate of drug-likeness (QED) is 0.484. The SMILES string of the molecule is CN(C)c1cccc(N=C=O)n1. The van der Waals surface area contributed by atoms with Crippen molar-refractivity contribution in [3.63, 3.8) is 0 Å². The van der Waals surface area contributed by atoms with E-state index in [0.717, 1.165) is 5.82 Å². The first kappa shape index (κ1) is 8.43.